The van der Waals surface area contributed by atoms with E-state index in [0.717, 1.165) is 44.2 Å². The van der Waals surface area contributed by atoms with Crippen LogP contribution in [0.15, 0.2) is 18.2 Å². The van der Waals surface area contributed by atoms with Crippen LogP contribution in [-0.4, -0.2) is 56.6 Å². The molecule has 0 unspecified atom stereocenters. The van der Waals surface area contributed by atoms with Crippen LogP contribution >= 0.6 is 0 Å². The van der Waals surface area contributed by atoms with E-state index in [1.807, 2.05) is 12.1 Å². The summed E-state index contributed by atoms with van der Waals surface area (Å²) in [6.45, 7) is 5.01. The number of aliphatic hydroxyl groups excluding tert-OH is 1. The molecule has 1 aliphatic heterocycles. The van der Waals surface area contributed by atoms with Gasteiger partial charge < -0.3 is 19.3 Å². The molecule has 0 amide bonds. The van der Waals surface area contributed by atoms with Crippen LogP contribution in [0, 0.1) is 0 Å². The van der Waals surface area contributed by atoms with Crippen molar-refractivity contribution in [3.63, 3.8) is 0 Å². The van der Waals surface area contributed by atoms with Gasteiger partial charge in [0.25, 0.3) is 0 Å². The second-order valence-electron chi connectivity index (χ2n) is 4.48. The summed E-state index contributed by atoms with van der Waals surface area (Å²) in [5.74, 6) is 1.43. The number of hydrogen-bond donors (Lipinski definition) is 1. The quantitative estimate of drug-likeness (QED) is 0.830. The molecule has 1 fully saturated rings. The fraction of sp³-hybridized carbons (Fsp3) is 0.571. The van der Waals surface area contributed by atoms with Crippen molar-refractivity contribution < 1.29 is 19.3 Å². The molecule has 1 aliphatic rings. The van der Waals surface area contributed by atoms with Crippen molar-refractivity contribution in [3.8, 4) is 11.5 Å². The summed E-state index contributed by atoms with van der Waals surface area (Å²) < 4.78 is 16.2. The van der Waals surface area contributed by atoms with Gasteiger partial charge in [-0.05, 0) is 17.7 Å². The molecule has 0 radical (unpaired) electrons. The molecule has 5 heteroatoms. The van der Waals surface area contributed by atoms with Gasteiger partial charge in [-0.3, -0.25) is 4.90 Å². The second-order valence-corrected chi connectivity index (χ2v) is 4.48. The van der Waals surface area contributed by atoms with Gasteiger partial charge in [-0.1, -0.05) is 0 Å². The number of ether oxygens (including phenoxy) is 3. The zero-order valence-electron chi connectivity index (χ0n) is 11.3. The van der Waals surface area contributed by atoms with E-state index in [1.165, 1.54) is 0 Å². The van der Waals surface area contributed by atoms with Crippen LogP contribution in [0.1, 0.15) is 5.56 Å². The fourth-order valence-electron chi connectivity index (χ4n) is 2.04. The number of nitrogens with zero attached hydrogens (tertiary/aromatic N) is 1. The second kappa shape index (κ2) is 7.33. The molecule has 0 bridgehead atoms. The van der Waals surface area contributed by atoms with Crippen LogP contribution in [0.25, 0.3) is 0 Å². The van der Waals surface area contributed by atoms with E-state index in [0.29, 0.717) is 12.4 Å². The number of rotatable bonds is 6. The Morgan fingerprint density at radius 2 is 1.95 bits per heavy atom. The maximum atomic E-state index is 9.18. The Hall–Kier alpha value is -1.30. The molecule has 0 aromatic heterocycles. The standard InChI is InChI=1S/C14H21NO4/c1-17-13-8-12(11-16)9-14(10-13)19-7-4-15-2-5-18-6-3-15/h8-10,16H,2-7,11H2,1H3. The first-order chi connectivity index (χ1) is 9.31. The number of hydrogen-bond acceptors (Lipinski definition) is 5. The lowest BCUT2D eigenvalue weighted by molar-refractivity contribution is 0.0322. The van der Waals surface area contributed by atoms with Crippen molar-refractivity contribution in [3.05, 3.63) is 23.8 Å². The highest BCUT2D eigenvalue weighted by molar-refractivity contribution is 5.38. The van der Waals surface area contributed by atoms with E-state index in [4.69, 9.17) is 14.2 Å². The molecule has 1 N–H and O–H groups in total. The molecule has 5 nitrogen and oxygen atoms in total. The normalized spacial score (nSPS) is 16.3. The first kappa shape index (κ1) is 14.1. The van der Waals surface area contributed by atoms with Crippen LogP contribution in [0.3, 0.4) is 0 Å². The van der Waals surface area contributed by atoms with Crippen LogP contribution < -0.4 is 9.47 Å². The van der Waals surface area contributed by atoms with Gasteiger partial charge in [0.1, 0.15) is 18.1 Å². The van der Waals surface area contributed by atoms with Crippen molar-refractivity contribution >= 4 is 0 Å². The zero-order chi connectivity index (χ0) is 13.5. The highest BCUT2D eigenvalue weighted by Crippen LogP contribution is 2.22. The average molecular weight is 267 g/mol. The molecular weight excluding hydrogens is 246 g/mol. The Labute approximate surface area is 113 Å². The molecule has 19 heavy (non-hydrogen) atoms. The molecule has 0 saturated carbocycles. The smallest absolute Gasteiger partial charge is 0.123 e. The Kier molecular flexibility index (Phi) is 5.44. The van der Waals surface area contributed by atoms with Crippen LogP contribution in [0.2, 0.25) is 0 Å². The summed E-state index contributed by atoms with van der Waals surface area (Å²) in [7, 11) is 1.61. The number of morpholine rings is 1. The van der Waals surface area contributed by atoms with E-state index < -0.39 is 0 Å². The SMILES string of the molecule is COc1cc(CO)cc(OCCN2CCOCC2)c1. The fourth-order valence-corrected chi connectivity index (χ4v) is 2.04. The highest BCUT2D eigenvalue weighted by atomic mass is 16.5. The molecule has 1 aromatic rings. The van der Waals surface area contributed by atoms with Crippen LogP contribution in [0.4, 0.5) is 0 Å². The third-order valence-corrected chi connectivity index (χ3v) is 3.14. The van der Waals surface area contributed by atoms with Crippen LogP contribution in [0.5, 0.6) is 11.5 Å². The number of benzene rings is 1. The van der Waals surface area contributed by atoms with Gasteiger partial charge in [-0.2, -0.15) is 0 Å². The largest absolute Gasteiger partial charge is 0.497 e. The molecule has 106 valence electrons. The van der Waals surface area contributed by atoms with Gasteiger partial charge in [-0.25, -0.2) is 0 Å². The monoisotopic (exact) mass is 267 g/mol. The van der Waals surface area contributed by atoms with E-state index in [9.17, 15) is 5.11 Å². The van der Waals surface area contributed by atoms with Crippen molar-refractivity contribution in [1.82, 2.24) is 4.90 Å². The molecule has 1 heterocycles. The Morgan fingerprint density at radius 3 is 2.63 bits per heavy atom. The van der Waals surface area contributed by atoms with Gasteiger partial charge in [-0.15, -0.1) is 0 Å². The minimum Gasteiger partial charge on any atom is -0.497 e. The summed E-state index contributed by atoms with van der Waals surface area (Å²) >= 11 is 0. The van der Waals surface area contributed by atoms with Crippen molar-refractivity contribution in [1.29, 1.82) is 0 Å². The summed E-state index contributed by atoms with van der Waals surface area (Å²) in [6.07, 6.45) is 0. The van der Waals surface area contributed by atoms with Crippen molar-refractivity contribution in [2.24, 2.45) is 0 Å². The molecule has 2 rings (SSSR count). The molecule has 0 aliphatic carbocycles. The lowest BCUT2D eigenvalue weighted by atomic mass is 10.2. The minimum absolute atomic E-state index is 0.0168. The highest BCUT2D eigenvalue weighted by Gasteiger charge is 2.10. The molecule has 1 aromatic carbocycles. The Morgan fingerprint density at radius 1 is 1.21 bits per heavy atom. The predicted molar refractivity (Wildman–Crippen MR) is 71.7 cm³/mol. The lowest BCUT2D eigenvalue weighted by Gasteiger charge is -2.26. The van der Waals surface area contributed by atoms with E-state index in [1.54, 1.807) is 13.2 Å². The zero-order valence-corrected chi connectivity index (χ0v) is 11.3. The predicted octanol–water partition coefficient (Wildman–Crippen LogP) is 0.898. The van der Waals surface area contributed by atoms with Gasteiger partial charge in [0, 0.05) is 25.7 Å². The Bertz CT molecular complexity index is 369. The topological polar surface area (TPSA) is 51.2 Å². The summed E-state index contributed by atoms with van der Waals surface area (Å²) in [5.41, 5.74) is 0.792. The van der Waals surface area contributed by atoms with Crippen LogP contribution in [-0.2, 0) is 11.3 Å². The van der Waals surface area contributed by atoms with Gasteiger partial charge >= 0.3 is 0 Å². The van der Waals surface area contributed by atoms with E-state index in [-0.39, 0.29) is 6.61 Å². The average Bonchev–Trinajstić information content (AvgIpc) is 2.48. The summed E-state index contributed by atoms with van der Waals surface area (Å²) in [5, 5.41) is 9.18. The molecule has 0 atom stereocenters. The minimum atomic E-state index is -0.0168. The third-order valence-electron chi connectivity index (χ3n) is 3.14. The third kappa shape index (κ3) is 4.38. The lowest BCUT2D eigenvalue weighted by Crippen LogP contribution is -2.38. The van der Waals surface area contributed by atoms with Gasteiger partial charge in [0.05, 0.1) is 26.9 Å². The first-order valence-corrected chi connectivity index (χ1v) is 6.53. The number of aliphatic hydroxyl groups is 1. The molecule has 1 saturated heterocycles. The van der Waals surface area contributed by atoms with Crippen molar-refractivity contribution in [2.75, 3.05) is 46.6 Å². The summed E-state index contributed by atoms with van der Waals surface area (Å²) in [6, 6.07) is 5.47. The van der Waals surface area contributed by atoms with Crippen molar-refractivity contribution in [2.45, 2.75) is 6.61 Å². The van der Waals surface area contributed by atoms with Gasteiger partial charge in [0.15, 0.2) is 0 Å². The van der Waals surface area contributed by atoms with E-state index >= 15 is 0 Å². The summed E-state index contributed by atoms with van der Waals surface area (Å²) in [4.78, 5) is 2.32. The van der Waals surface area contributed by atoms with Gasteiger partial charge in [0.2, 0.25) is 0 Å². The number of methoxy groups -OCH3 is 1. The molecule has 0 spiro atoms. The first-order valence-electron chi connectivity index (χ1n) is 6.53. The van der Waals surface area contributed by atoms with E-state index in [2.05, 4.69) is 4.90 Å². The maximum absolute atomic E-state index is 9.18. The molecular formula is C14H21NO4. The Balaban J connectivity index is 1.84. The maximum Gasteiger partial charge on any atom is 0.123 e.